The molecule has 2 aromatic heterocycles. The number of fused-ring (bicyclic) bond motifs is 1. The van der Waals surface area contributed by atoms with Crippen LogP contribution in [-0.2, 0) is 0 Å². The van der Waals surface area contributed by atoms with Gasteiger partial charge in [-0.1, -0.05) is 11.8 Å². The van der Waals surface area contributed by atoms with Crippen LogP contribution in [0.15, 0.2) is 34.5 Å². The zero-order valence-corrected chi connectivity index (χ0v) is 13.8. The Balaban J connectivity index is 2.38. The van der Waals surface area contributed by atoms with Gasteiger partial charge in [0.15, 0.2) is 11.0 Å². The van der Waals surface area contributed by atoms with Crippen LogP contribution in [-0.4, -0.2) is 25.7 Å². The van der Waals surface area contributed by atoms with Crippen LogP contribution in [0.4, 0.5) is 14.5 Å². The fourth-order valence-electron chi connectivity index (χ4n) is 2.42. The van der Waals surface area contributed by atoms with E-state index in [4.69, 9.17) is 0 Å². The Labute approximate surface area is 143 Å². The van der Waals surface area contributed by atoms with Crippen LogP contribution in [0.1, 0.15) is 5.56 Å². The van der Waals surface area contributed by atoms with Gasteiger partial charge in [-0.25, -0.2) is 14.4 Å². The molecule has 0 N–H and O–H groups in total. The van der Waals surface area contributed by atoms with Gasteiger partial charge in [0.05, 0.1) is 15.8 Å². The molecule has 0 unspecified atom stereocenters. The van der Waals surface area contributed by atoms with Gasteiger partial charge in [-0.3, -0.25) is 19.5 Å². The molecule has 3 aromatic rings. The van der Waals surface area contributed by atoms with Crippen LogP contribution in [0.25, 0.3) is 16.6 Å². The van der Waals surface area contributed by atoms with Crippen molar-refractivity contribution in [1.82, 2.24) is 14.5 Å². The van der Waals surface area contributed by atoms with Crippen molar-refractivity contribution in [3.8, 4) is 5.69 Å². The Kier molecular flexibility index (Phi) is 4.21. The molecule has 10 heteroatoms. The van der Waals surface area contributed by atoms with Crippen molar-refractivity contribution in [2.24, 2.45) is 0 Å². The van der Waals surface area contributed by atoms with Gasteiger partial charge in [-0.15, -0.1) is 0 Å². The predicted molar refractivity (Wildman–Crippen MR) is 88.2 cm³/mol. The molecular weight excluding hydrogens is 354 g/mol. The highest BCUT2D eigenvalue weighted by atomic mass is 32.2. The molecule has 25 heavy (non-hydrogen) atoms. The van der Waals surface area contributed by atoms with Gasteiger partial charge in [0.25, 0.3) is 5.56 Å². The van der Waals surface area contributed by atoms with Crippen molar-refractivity contribution in [2.75, 3.05) is 6.26 Å². The van der Waals surface area contributed by atoms with Gasteiger partial charge < -0.3 is 0 Å². The Bertz CT molecular complexity index is 1080. The molecule has 3 rings (SSSR count). The molecule has 0 aliphatic carbocycles. The first-order valence-corrected chi connectivity index (χ1v) is 8.13. The van der Waals surface area contributed by atoms with Crippen molar-refractivity contribution >= 4 is 28.4 Å². The third-order valence-corrected chi connectivity index (χ3v) is 4.14. The van der Waals surface area contributed by atoms with Crippen LogP contribution in [0.5, 0.6) is 0 Å². The number of nitrogens with zero attached hydrogens (tertiary/aromatic N) is 4. The molecule has 0 aliphatic heterocycles. The molecule has 0 saturated heterocycles. The summed E-state index contributed by atoms with van der Waals surface area (Å²) in [6.07, 6.45) is 4.24. The largest absolute Gasteiger partial charge is 0.307 e. The maximum absolute atomic E-state index is 14.4. The lowest BCUT2D eigenvalue weighted by molar-refractivity contribution is -0.387. The molecule has 0 spiro atoms. The number of pyridine rings is 1. The standard InChI is InChI=1S/C15H10F2N4O3S/c1-7-6-20(13-9(16)3-4-10(11(13)17)21(23)24)14(22)8-5-18-15(25-2)19-12(7)8/h3-6H,1-2H3. The minimum absolute atomic E-state index is 0.0584. The molecule has 0 fully saturated rings. The summed E-state index contributed by atoms with van der Waals surface area (Å²) in [6.45, 7) is 1.61. The summed E-state index contributed by atoms with van der Waals surface area (Å²) in [5, 5.41) is 11.4. The Morgan fingerprint density at radius 3 is 2.68 bits per heavy atom. The number of thioether (sulfide) groups is 1. The van der Waals surface area contributed by atoms with Gasteiger partial charge >= 0.3 is 5.69 Å². The molecule has 1 aromatic carbocycles. The highest BCUT2D eigenvalue weighted by Gasteiger charge is 2.24. The summed E-state index contributed by atoms with van der Waals surface area (Å²) in [4.78, 5) is 30.8. The van der Waals surface area contributed by atoms with E-state index < -0.39 is 33.5 Å². The van der Waals surface area contributed by atoms with Gasteiger partial charge in [-0.2, -0.15) is 4.39 Å². The monoisotopic (exact) mass is 364 g/mol. The third-order valence-electron chi connectivity index (χ3n) is 3.58. The molecule has 0 atom stereocenters. The molecule has 0 amide bonds. The van der Waals surface area contributed by atoms with Gasteiger partial charge in [-0.05, 0) is 24.8 Å². The van der Waals surface area contributed by atoms with E-state index in [1.807, 2.05) is 0 Å². The summed E-state index contributed by atoms with van der Waals surface area (Å²) in [7, 11) is 0. The van der Waals surface area contributed by atoms with E-state index in [0.29, 0.717) is 26.9 Å². The average molecular weight is 364 g/mol. The Morgan fingerprint density at radius 1 is 1.32 bits per heavy atom. The molecule has 7 nitrogen and oxygen atoms in total. The van der Waals surface area contributed by atoms with Crippen LogP contribution >= 0.6 is 11.8 Å². The number of nitro groups is 1. The number of aromatic nitrogens is 3. The summed E-state index contributed by atoms with van der Waals surface area (Å²) < 4.78 is 29.3. The third kappa shape index (κ3) is 2.74. The predicted octanol–water partition coefficient (Wildman–Crippen LogP) is 3.00. The number of benzene rings is 1. The van der Waals surface area contributed by atoms with Crippen LogP contribution in [0.2, 0.25) is 0 Å². The Hall–Kier alpha value is -2.88. The van der Waals surface area contributed by atoms with Crippen LogP contribution < -0.4 is 5.56 Å². The summed E-state index contributed by atoms with van der Waals surface area (Å²) in [5.41, 5.74) is -1.68. The van der Waals surface area contributed by atoms with E-state index in [-0.39, 0.29) is 5.39 Å². The minimum atomic E-state index is -1.42. The van der Waals surface area contributed by atoms with E-state index in [2.05, 4.69) is 9.97 Å². The molecule has 128 valence electrons. The first kappa shape index (κ1) is 17.0. The quantitative estimate of drug-likeness (QED) is 0.307. The maximum Gasteiger partial charge on any atom is 0.307 e. The van der Waals surface area contributed by atoms with Crippen molar-refractivity contribution in [2.45, 2.75) is 12.1 Å². The number of aryl methyl sites for hydroxylation is 1. The van der Waals surface area contributed by atoms with Crippen molar-refractivity contribution < 1.29 is 13.7 Å². The summed E-state index contributed by atoms with van der Waals surface area (Å²) in [6, 6.07) is 1.46. The smallest absolute Gasteiger partial charge is 0.277 e. The molecule has 2 heterocycles. The molecule has 0 saturated carbocycles. The second-order valence-corrected chi connectivity index (χ2v) is 5.87. The van der Waals surface area contributed by atoms with Crippen molar-refractivity contribution in [3.63, 3.8) is 0 Å². The lowest BCUT2D eigenvalue weighted by Crippen LogP contribution is -2.22. The number of nitro benzene ring substituents is 1. The number of halogens is 2. The highest BCUT2D eigenvalue weighted by molar-refractivity contribution is 7.98. The van der Waals surface area contributed by atoms with E-state index >= 15 is 0 Å². The fourth-order valence-corrected chi connectivity index (χ4v) is 2.76. The van der Waals surface area contributed by atoms with Crippen LogP contribution in [0.3, 0.4) is 0 Å². The van der Waals surface area contributed by atoms with E-state index in [1.165, 1.54) is 24.2 Å². The molecule has 0 bridgehead atoms. The molecule has 0 radical (unpaired) electrons. The normalized spacial score (nSPS) is 11.0. The maximum atomic E-state index is 14.4. The fraction of sp³-hybridized carbons (Fsp3) is 0.133. The topological polar surface area (TPSA) is 90.9 Å². The van der Waals surface area contributed by atoms with Gasteiger partial charge in [0.2, 0.25) is 5.82 Å². The SMILES string of the molecule is CSc1ncc2c(=O)n(-c3c(F)ccc([N+](=O)[O-])c3F)cc(C)c2n1. The lowest BCUT2D eigenvalue weighted by atomic mass is 10.2. The molecular formula is C15H10F2N4O3S. The molecule has 0 aliphatic rings. The van der Waals surface area contributed by atoms with Gasteiger partial charge in [0.1, 0.15) is 5.69 Å². The lowest BCUT2D eigenvalue weighted by Gasteiger charge is -2.11. The number of hydrogen-bond donors (Lipinski definition) is 0. The highest BCUT2D eigenvalue weighted by Crippen LogP contribution is 2.26. The Morgan fingerprint density at radius 2 is 2.04 bits per heavy atom. The zero-order chi connectivity index (χ0) is 18.3. The van der Waals surface area contributed by atoms with E-state index in [0.717, 1.165) is 6.07 Å². The van der Waals surface area contributed by atoms with Crippen molar-refractivity contribution in [3.05, 3.63) is 62.2 Å². The number of rotatable bonds is 3. The second-order valence-electron chi connectivity index (χ2n) is 5.09. The first-order valence-electron chi connectivity index (χ1n) is 6.91. The van der Waals surface area contributed by atoms with Crippen molar-refractivity contribution in [1.29, 1.82) is 0 Å². The zero-order valence-electron chi connectivity index (χ0n) is 13.0. The summed E-state index contributed by atoms with van der Waals surface area (Å²) in [5.74, 6) is -2.52. The first-order chi connectivity index (χ1) is 11.8. The summed E-state index contributed by atoms with van der Waals surface area (Å²) >= 11 is 1.28. The van der Waals surface area contributed by atoms with Crippen LogP contribution in [0, 0.1) is 28.7 Å². The average Bonchev–Trinajstić information content (AvgIpc) is 2.58. The van der Waals surface area contributed by atoms with Gasteiger partial charge in [0, 0.05) is 18.5 Å². The van der Waals surface area contributed by atoms with E-state index in [1.54, 1.807) is 13.2 Å². The van der Waals surface area contributed by atoms with E-state index in [9.17, 15) is 23.7 Å². The minimum Gasteiger partial charge on any atom is -0.277 e. The number of hydrogen-bond acceptors (Lipinski definition) is 6. The second kappa shape index (κ2) is 6.20.